The molecule has 0 amide bonds. The molecule has 1 atom stereocenters. The van der Waals surface area contributed by atoms with Gasteiger partial charge >= 0.3 is 18.3 Å². The second kappa shape index (κ2) is 13.3. The Bertz CT molecular complexity index is 907. The molecule has 0 saturated heterocycles. The zero-order chi connectivity index (χ0) is 25.8. The van der Waals surface area contributed by atoms with Gasteiger partial charge in [0.05, 0.1) is 14.2 Å². The van der Waals surface area contributed by atoms with Crippen molar-refractivity contribution < 1.29 is 47.8 Å². The van der Waals surface area contributed by atoms with Gasteiger partial charge in [-0.15, -0.1) is 0 Å². The summed E-state index contributed by atoms with van der Waals surface area (Å²) in [7, 11) is 2.44. The molecule has 0 spiro atoms. The molecule has 2 aromatic carbocycles. The van der Waals surface area contributed by atoms with Gasteiger partial charge in [-0.3, -0.25) is 4.89 Å². The third-order valence-electron chi connectivity index (χ3n) is 5.23. The van der Waals surface area contributed by atoms with Gasteiger partial charge in [-0.05, 0) is 55.7 Å². The highest BCUT2D eigenvalue weighted by Crippen LogP contribution is 2.38. The van der Waals surface area contributed by atoms with Crippen molar-refractivity contribution in [3.63, 3.8) is 0 Å². The molecule has 0 N–H and O–H groups in total. The van der Waals surface area contributed by atoms with Crippen LogP contribution >= 0.6 is 0 Å². The number of methoxy groups -OCH3 is 2. The molecule has 0 aromatic heterocycles. The van der Waals surface area contributed by atoms with Crippen LogP contribution in [0.5, 0.6) is 11.5 Å². The Hall–Kier alpha value is -3.63. The number of ether oxygens (including phenoxy) is 5. The topological polar surface area (TPSA) is 116 Å². The van der Waals surface area contributed by atoms with Crippen LogP contribution < -0.4 is 9.47 Å². The summed E-state index contributed by atoms with van der Waals surface area (Å²) in [4.78, 5) is 44.9. The Morgan fingerprint density at radius 2 is 1.29 bits per heavy atom. The summed E-state index contributed by atoms with van der Waals surface area (Å²) in [5.41, 5.74) is 1.01. The van der Waals surface area contributed by atoms with Gasteiger partial charge in [0.1, 0.15) is 11.5 Å². The molecule has 0 fully saturated rings. The molecule has 0 saturated carbocycles. The van der Waals surface area contributed by atoms with Gasteiger partial charge in [-0.2, -0.15) is 4.89 Å². The minimum absolute atomic E-state index is 0.0379. The van der Waals surface area contributed by atoms with Gasteiger partial charge in [-0.25, -0.2) is 14.4 Å². The van der Waals surface area contributed by atoms with Crippen LogP contribution in [0.15, 0.2) is 48.5 Å². The summed E-state index contributed by atoms with van der Waals surface area (Å²) in [5.74, 6) is 0.0593. The fraction of sp³-hybridized carbons (Fsp3) is 0.400. The second-order valence-corrected chi connectivity index (χ2v) is 7.57. The minimum Gasteiger partial charge on any atom is -0.437 e. The summed E-state index contributed by atoms with van der Waals surface area (Å²) in [6.45, 7) is 5.80. The van der Waals surface area contributed by atoms with Gasteiger partial charge in [-0.1, -0.05) is 31.2 Å². The van der Waals surface area contributed by atoms with E-state index in [0.717, 1.165) is 11.1 Å². The Labute approximate surface area is 203 Å². The molecule has 0 aliphatic rings. The number of benzene rings is 2. The van der Waals surface area contributed by atoms with Crippen LogP contribution in [0, 0.1) is 0 Å². The highest BCUT2D eigenvalue weighted by Gasteiger charge is 2.30. The zero-order valence-corrected chi connectivity index (χ0v) is 20.4. The minimum atomic E-state index is -0.828. The molecule has 0 radical (unpaired) electrons. The van der Waals surface area contributed by atoms with Gasteiger partial charge < -0.3 is 23.7 Å². The fourth-order valence-electron chi connectivity index (χ4n) is 3.29. The highest BCUT2D eigenvalue weighted by atomic mass is 17.2. The quantitative estimate of drug-likeness (QED) is 0.141. The number of hydrogen-bond donors (Lipinski definition) is 0. The third-order valence-corrected chi connectivity index (χ3v) is 5.23. The van der Waals surface area contributed by atoms with Crippen LogP contribution in [0.1, 0.15) is 44.7 Å². The van der Waals surface area contributed by atoms with Crippen LogP contribution in [0.4, 0.5) is 9.59 Å². The Kier molecular flexibility index (Phi) is 10.5. The SMILES string of the molecule is CCOC(C)OOC(=O)CCC(C)(c1ccc(OC(=O)OC)cc1)c1ccc(OC(=O)OC)cc1. The average Bonchev–Trinajstić information content (AvgIpc) is 2.86. The van der Waals surface area contributed by atoms with Gasteiger partial charge in [0.25, 0.3) is 0 Å². The first-order valence-corrected chi connectivity index (χ1v) is 10.9. The lowest BCUT2D eigenvalue weighted by Gasteiger charge is -2.31. The van der Waals surface area contributed by atoms with Gasteiger partial charge in [0.2, 0.25) is 0 Å². The lowest BCUT2D eigenvalue weighted by atomic mass is 9.73. The van der Waals surface area contributed by atoms with E-state index in [1.165, 1.54) is 14.2 Å². The first-order valence-electron chi connectivity index (χ1n) is 10.9. The van der Waals surface area contributed by atoms with E-state index in [-0.39, 0.29) is 6.42 Å². The van der Waals surface area contributed by atoms with Crippen molar-refractivity contribution in [2.75, 3.05) is 20.8 Å². The standard InChI is InChI=1S/C25H30O10/c1-6-31-17(2)34-35-22(26)15-16-25(3,18-7-11-20(12-8-18)32-23(27)29-4)19-9-13-21(14-10-19)33-24(28)30-5/h7-14,17H,6,15-16H2,1-5H3. The second-order valence-electron chi connectivity index (χ2n) is 7.57. The van der Waals surface area contributed by atoms with E-state index in [1.807, 2.05) is 6.92 Å². The lowest BCUT2D eigenvalue weighted by Crippen LogP contribution is -2.26. The smallest absolute Gasteiger partial charge is 0.437 e. The number of carbonyl (C=O) groups excluding carboxylic acids is 3. The van der Waals surface area contributed by atoms with E-state index >= 15 is 0 Å². The zero-order valence-electron chi connectivity index (χ0n) is 20.4. The molecule has 0 aliphatic carbocycles. The monoisotopic (exact) mass is 490 g/mol. The maximum Gasteiger partial charge on any atom is 0.513 e. The largest absolute Gasteiger partial charge is 0.513 e. The molecule has 2 aromatic rings. The fourth-order valence-corrected chi connectivity index (χ4v) is 3.29. The Balaban J connectivity index is 2.25. The molecule has 2 rings (SSSR count). The number of hydrogen-bond acceptors (Lipinski definition) is 10. The molecule has 0 aliphatic heterocycles. The first-order chi connectivity index (χ1) is 16.7. The molecule has 190 valence electrons. The molecule has 0 heterocycles. The van der Waals surface area contributed by atoms with E-state index in [2.05, 4.69) is 9.47 Å². The number of rotatable bonds is 11. The normalized spacial score (nSPS) is 11.8. The summed E-state index contributed by atoms with van der Waals surface area (Å²) >= 11 is 0. The first kappa shape index (κ1) is 27.6. The molecular weight excluding hydrogens is 460 g/mol. The molecule has 0 bridgehead atoms. The van der Waals surface area contributed by atoms with Crippen molar-refractivity contribution in [1.82, 2.24) is 0 Å². The van der Waals surface area contributed by atoms with Gasteiger partial charge in [0.15, 0.2) is 6.29 Å². The molecule has 1 unspecified atom stereocenters. The molecular formula is C25H30O10. The van der Waals surface area contributed by atoms with E-state index in [9.17, 15) is 14.4 Å². The van der Waals surface area contributed by atoms with Crippen molar-refractivity contribution in [3.8, 4) is 11.5 Å². The van der Waals surface area contributed by atoms with Crippen LogP contribution in [-0.2, 0) is 34.2 Å². The van der Waals surface area contributed by atoms with Crippen molar-refractivity contribution in [3.05, 3.63) is 59.7 Å². The molecule has 10 nitrogen and oxygen atoms in total. The summed E-state index contributed by atoms with van der Waals surface area (Å²) in [6.07, 6.45) is -1.94. The number of carbonyl (C=O) groups is 3. The van der Waals surface area contributed by atoms with Crippen molar-refractivity contribution >= 4 is 18.3 Å². The van der Waals surface area contributed by atoms with Crippen LogP contribution in [0.25, 0.3) is 0 Å². The summed E-state index contributed by atoms with van der Waals surface area (Å²) < 4.78 is 24.3. The molecule has 35 heavy (non-hydrogen) atoms. The average molecular weight is 491 g/mol. The van der Waals surface area contributed by atoms with Crippen LogP contribution in [0.2, 0.25) is 0 Å². The third kappa shape index (κ3) is 8.27. The Morgan fingerprint density at radius 3 is 1.69 bits per heavy atom. The lowest BCUT2D eigenvalue weighted by molar-refractivity contribution is -0.346. The van der Waals surface area contributed by atoms with Crippen molar-refractivity contribution in [2.45, 2.75) is 45.3 Å². The van der Waals surface area contributed by atoms with Crippen LogP contribution in [-0.4, -0.2) is 45.4 Å². The van der Waals surface area contributed by atoms with E-state index in [4.69, 9.17) is 24.0 Å². The van der Waals surface area contributed by atoms with E-state index in [0.29, 0.717) is 24.5 Å². The summed E-state index contributed by atoms with van der Waals surface area (Å²) in [5, 5.41) is 0. The van der Waals surface area contributed by atoms with Crippen molar-refractivity contribution in [1.29, 1.82) is 0 Å². The van der Waals surface area contributed by atoms with E-state index < -0.39 is 30.0 Å². The predicted octanol–water partition coefficient (Wildman–Crippen LogP) is 4.92. The maximum atomic E-state index is 12.3. The van der Waals surface area contributed by atoms with Crippen molar-refractivity contribution in [2.24, 2.45) is 0 Å². The predicted molar refractivity (Wildman–Crippen MR) is 123 cm³/mol. The highest BCUT2D eigenvalue weighted by molar-refractivity contribution is 5.69. The van der Waals surface area contributed by atoms with E-state index in [1.54, 1.807) is 62.4 Å². The Morgan fingerprint density at radius 1 is 0.829 bits per heavy atom. The summed E-state index contributed by atoms with van der Waals surface area (Å²) in [6, 6.07) is 13.7. The maximum absolute atomic E-state index is 12.3. The van der Waals surface area contributed by atoms with Gasteiger partial charge in [0, 0.05) is 18.4 Å². The molecule has 10 heteroatoms. The van der Waals surface area contributed by atoms with Crippen LogP contribution in [0.3, 0.4) is 0 Å².